The zero-order valence-electron chi connectivity index (χ0n) is 11.0. The van der Waals surface area contributed by atoms with Crippen LogP contribution in [0.25, 0.3) is 0 Å². The minimum Gasteiger partial charge on any atom is -0.392 e. The minimum atomic E-state index is 0.123. The van der Waals surface area contributed by atoms with Crippen LogP contribution in [0.2, 0.25) is 0 Å². The van der Waals surface area contributed by atoms with Gasteiger partial charge in [0.05, 0.1) is 6.61 Å². The minimum absolute atomic E-state index is 0.123. The molecule has 0 fully saturated rings. The van der Waals surface area contributed by atoms with E-state index in [1.54, 1.807) is 0 Å². The van der Waals surface area contributed by atoms with Crippen molar-refractivity contribution in [2.75, 3.05) is 6.61 Å². The first-order valence-corrected chi connectivity index (χ1v) is 6.13. The molecule has 0 aromatic rings. The summed E-state index contributed by atoms with van der Waals surface area (Å²) in [4.78, 5) is 0. The normalized spacial score (nSPS) is 21.9. The highest BCUT2D eigenvalue weighted by Crippen LogP contribution is 2.40. The molecule has 1 aliphatic rings. The van der Waals surface area contributed by atoms with Crippen molar-refractivity contribution in [3.05, 3.63) is 34.9 Å². The average molecular weight is 220 g/mol. The summed E-state index contributed by atoms with van der Waals surface area (Å²) in [6.45, 7) is 9.03. The van der Waals surface area contributed by atoms with E-state index in [9.17, 15) is 0 Å². The predicted octanol–water partition coefficient (Wildman–Crippen LogP) is 4.01. The molecule has 0 aromatic carbocycles. The Kier molecular flexibility index (Phi) is 4.55. The fourth-order valence-electron chi connectivity index (χ4n) is 2.44. The zero-order valence-corrected chi connectivity index (χ0v) is 11.0. The van der Waals surface area contributed by atoms with Crippen LogP contribution in [0.3, 0.4) is 0 Å². The largest absolute Gasteiger partial charge is 0.392 e. The Morgan fingerprint density at radius 2 is 2.12 bits per heavy atom. The third-order valence-corrected chi connectivity index (χ3v) is 3.47. The lowest BCUT2D eigenvalue weighted by molar-refractivity contribution is 0.342. The van der Waals surface area contributed by atoms with E-state index in [0.717, 1.165) is 5.57 Å². The maximum Gasteiger partial charge on any atom is 0.0617 e. The smallest absolute Gasteiger partial charge is 0.0617 e. The summed E-state index contributed by atoms with van der Waals surface area (Å²) in [5.41, 5.74) is 4.43. The van der Waals surface area contributed by atoms with Crippen LogP contribution in [0.5, 0.6) is 0 Å². The van der Waals surface area contributed by atoms with Crippen molar-refractivity contribution in [2.24, 2.45) is 5.41 Å². The lowest BCUT2D eigenvalue weighted by Gasteiger charge is -2.32. The quantitative estimate of drug-likeness (QED) is 0.713. The highest BCUT2D eigenvalue weighted by molar-refractivity contribution is 5.35. The topological polar surface area (TPSA) is 20.2 Å². The average Bonchev–Trinajstić information content (AvgIpc) is 2.16. The van der Waals surface area contributed by atoms with Crippen LogP contribution in [-0.4, -0.2) is 11.7 Å². The van der Waals surface area contributed by atoms with Crippen LogP contribution >= 0.6 is 0 Å². The SMILES string of the molecule is CC1=C(/C=C\C(C)=C/CO)C(C)(C)CCC1. The molecule has 0 unspecified atom stereocenters. The van der Waals surface area contributed by atoms with Gasteiger partial charge in [-0.25, -0.2) is 0 Å². The van der Waals surface area contributed by atoms with Crippen LogP contribution in [0, 0.1) is 5.41 Å². The lowest BCUT2D eigenvalue weighted by Crippen LogP contribution is -2.19. The highest BCUT2D eigenvalue weighted by Gasteiger charge is 2.26. The van der Waals surface area contributed by atoms with Gasteiger partial charge in [-0.2, -0.15) is 0 Å². The Balaban J connectivity index is 2.89. The summed E-state index contributed by atoms with van der Waals surface area (Å²) in [5, 5.41) is 8.81. The third-order valence-electron chi connectivity index (χ3n) is 3.47. The standard InChI is InChI=1S/C15H24O/c1-12(9-11-16)7-8-14-13(2)6-5-10-15(14,3)4/h7-9,16H,5-6,10-11H2,1-4H3/b8-7-,12-9-. The van der Waals surface area contributed by atoms with E-state index in [-0.39, 0.29) is 6.61 Å². The van der Waals surface area contributed by atoms with Crippen LogP contribution in [0.1, 0.15) is 47.0 Å². The first-order chi connectivity index (χ1) is 7.47. The maximum absolute atomic E-state index is 8.81. The van der Waals surface area contributed by atoms with Gasteiger partial charge in [-0.1, -0.05) is 43.2 Å². The molecule has 0 saturated heterocycles. The third kappa shape index (κ3) is 3.34. The van der Waals surface area contributed by atoms with Crippen molar-refractivity contribution in [2.45, 2.75) is 47.0 Å². The maximum atomic E-state index is 8.81. The predicted molar refractivity (Wildman–Crippen MR) is 70.3 cm³/mol. The van der Waals surface area contributed by atoms with Gasteiger partial charge in [0.25, 0.3) is 0 Å². The summed E-state index contributed by atoms with van der Waals surface area (Å²) in [6.07, 6.45) is 9.99. The van der Waals surface area contributed by atoms with Crippen LogP contribution < -0.4 is 0 Å². The van der Waals surface area contributed by atoms with Crippen molar-refractivity contribution in [3.8, 4) is 0 Å². The molecule has 0 bridgehead atoms. The summed E-state index contributed by atoms with van der Waals surface area (Å²) in [7, 11) is 0. The fourth-order valence-corrected chi connectivity index (χ4v) is 2.44. The van der Waals surface area contributed by atoms with Crippen molar-refractivity contribution in [3.63, 3.8) is 0 Å². The second kappa shape index (κ2) is 5.49. The first kappa shape index (κ1) is 13.2. The van der Waals surface area contributed by atoms with Gasteiger partial charge in [0, 0.05) is 0 Å². The monoisotopic (exact) mass is 220 g/mol. The molecule has 0 heterocycles. The Labute approximate surface area is 99.6 Å². The second-order valence-corrected chi connectivity index (χ2v) is 5.40. The molecule has 16 heavy (non-hydrogen) atoms. The summed E-state index contributed by atoms with van der Waals surface area (Å²) in [5.74, 6) is 0. The Morgan fingerprint density at radius 3 is 2.69 bits per heavy atom. The van der Waals surface area contributed by atoms with E-state index in [2.05, 4.69) is 32.9 Å². The van der Waals surface area contributed by atoms with E-state index in [4.69, 9.17) is 5.11 Å². The van der Waals surface area contributed by atoms with Gasteiger partial charge in [-0.3, -0.25) is 0 Å². The zero-order chi connectivity index (χ0) is 12.2. The Morgan fingerprint density at radius 1 is 1.44 bits per heavy atom. The molecular formula is C15H24O. The van der Waals surface area contributed by atoms with Crippen molar-refractivity contribution < 1.29 is 5.11 Å². The van der Waals surface area contributed by atoms with E-state index in [1.807, 2.05) is 13.0 Å². The molecular weight excluding hydrogens is 196 g/mol. The van der Waals surface area contributed by atoms with E-state index in [0.29, 0.717) is 5.41 Å². The summed E-state index contributed by atoms with van der Waals surface area (Å²) >= 11 is 0. The van der Waals surface area contributed by atoms with Gasteiger partial charge >= 0.3 is 0 Å². The van der Waals surface area contributed by atoms with Crippen LogP contribution in [0.4, 0.5) is 0 Å². The number of aliphatic hydroxyl groups is 1. The van der Waals surface area contributed by atoms with Crippen LogP contribution in [0.15, 0.2) is 34.9 Å². The van der Waals surface area contributed by atoms with E-state index >= 15 is 0 Å². The Bertz CT molecular complexity index is 329. The fraction of sp³-hybridized carbons (Fsp3) is 0.600. The molecule has 0 amide bonds. The molecule has 1 aliphatic carbocycles. The molecule has 1 N–H and O–H groups in total. The van der Waals surface area contributed by atoms with Gasteiger partial charge in [0.2, 0.25) is 0 Å². The van der Waals surface area contributed by atoms with Crippen molar-refractivity contribution in [1.29, 1.82) is 0 Å². The van der Waals surface area contributed by atoms with Gasteiger partial charge in [0.1, 0.15) is 0 Å². The highest BCUT2D eigenvalue weighted by atomic mass is 16.2. The molecule has 90 valence electrons. The number of allylic oxidation sites excluding steroid dienone is 5. The van der Waals surface area contributed by atoms with Gasteiger partial charge in [0.15, 0.2) is 0 Å². The molecule has 0 aromatic heterocycles. The molecule has 0 saturated carbocycles. The molecule has 0 spiro atoms. The van der Waals surface area contributed by atoms with Crippen molar-refractivity contribution >= 4 is 0 Å². The number of aliphatic hydroxyl groups excluding tert-OH is 1. The van der Waals surface area contributed by atoms with E-state index < -0.39 is 0 Å². The number of hydrogen-bond donors (Lipinski definition) is 1. The molecule has 1 heteroatoms. The summed E-state index contributed by atoms with van der Waals surface area (Å²) in [6, 6.07) is 0. The summed E-state index contributed by atoms with van der Waals surface area (Å²) < 4.78 is 0. The molecule has 0 radical (unpaired) electrons. The number of hydrogen-bond acceptors (Lipinski definition) is 1. The van der Waals surface area contributed by atoms with Gasteiger partial charge in [-0.05, 0) is 44.1 Å². The molecule has 1 rings (SSSR count). The first-order valence-electron chi connectivity index (χ1n) is 6.13. The number of rotatable bonds is 3. The van der Waals surface area contributed by atoms with E-state index in [1.165, 1.54) is 30.4 Å². The molecule has 1 nitrogen and oxygen atoms in total. The lowest BCUT2D eigenvalue weighted by atomic mass is 9.72. The van der Waals surface area contributed by atoms with Gasteiger partial charge < -0.3 is 5.11 Å². The van der Waals surface area contributed by atoms with Gasteiger partial charge in [-0.15, -0.1) is 0 Å². The van der Waals surface area contributed by atoms with Crippen molar-refractivity contribution in [1.82, 2.24) is 0 Å². The van der Waals surface area contributed by atoms with Crippen LogP contribution in [-0.2, 0) is 0 Å². The molecule has 0 atom stereocenters. The Hall–Kier alpha value is -0.820. The molecule has 0 aliphatic heterocycles. The second-order valence-electron chi connectivity index (χ2n) is 5.40.